The molecular weight excluding hydrogens is 250 g/mol. The third-order valence-corrected chi connectivity index (χ3v) is 4.06. The van der Waals surface area contributed by atoms with Gasteiger partial charge in [-0.2, -0.15) is 0 Å². The third kappa shape index (κ3) is 3.22. The zero-order valence-corrected chi connectivity index (χ0v) is 12.1. The lowest BCUT2D eigenvalue weighted by Crippen LogP contribution is -2.41. The van der Waals surface area contributed by atoms with Crippen LogP contribution in [-0.2, 0) is 4.74 Å². The summed E-state index contributed by atoms with van der Waals surface area (Å²) in [6, 6.07) is 8.86. The van der Waals surface area contributed by atoms with Crippen LogP contribution >= 0.6 is 0 Å². The van der Waals surface area contributed by atoms with E-state index in [1.165, 1.54) is 11.1 Å². The number of ether oxygens (including phenoxy) is 2. The van der Waals surface area contributed by atoms with Gasteiger partial charge < -0.3 is 14.8 Å². The Labute approximate surface area is 121 Å². The van der Waals surface area contributed by atoms with Gasteiger partial charge in [0.25, 0.3) is 0 Å². The molecule has 3 nitrogen and oxygen atoms in total. The van der Waals surface area contributed by atoms with Crippen LogP contribution in [0, 0.1) is 0 Å². The van der Waals surface area contributed by atoms with Crippen molar-refractivity contribution in [1.82, 2.24) is 5.32 Å². The first-order chi connectivity index (χ1) is 9.83. The zero-order valence-electron chi connectivity index (χ0n) is 12.1. The molecule has 0 bridgehead atoms. The number of hydrogen-bond donors (Lipinski definition) is 1. The molecule has 20 heavy (non-hydrogen) atoms. The highest BCUT2D eigenvalue weighted by atomic mass is 16.5. The summed E-state index contributed by atoms with van der Waals surface area (Å²) in [5.74, 6) is 1.54. The second-order valence-electron chi connectivity index (χ2n) is 5.72. The monoisotopic (exact) mass is 273 g/mol. The first kappa shape index (κ1) is 13.7. The summed E-state index contributed by atoms with van der Waals surface area (Å²) < 4.78 is 11.2. The molecule has 3 rings (SSSR count). The number of fused-ring (bicyclic) bond motifs is 1. The molecule has 0 spiro atoms. The van der Waals surface area contributed by atoms with Crippen LogP contribution in [0.4, 0.5) is 0 Å². The number of hydrogen-bond acceptors (Lipinski definition) is 3. The van der Waals surface area contributed by atoms with Crippen LogP contribution in [0.5, 0.6) is 5.75 Å². The molecule has 1 N–H and O–H groups in total. The summed E-state index contributed by atoms with van der Waals surface area (Å²) >= 11 is 0. The van der Waals surface area contributed by atoms with Crippen LogP contribution in [0.2, 0.25) is 0 Å². The van der Waals surface area contributed by atoms with Gasteiger partial charge in [0.05, 0.1) is 19.8 Å². The van der Waals surface area contributed by atoms with E-state index in [1.807, 2.05) is 6.07 Å². The SMILES string of the molecule is C/C(=C/C1CCOc2ccccc21)CC1COCCN1. The van der Waals surface area contributed by atoms with Gasteiger partial charge in [-0.3, -0.25) is 0 Å². The third-order valence-electron chi connectivity index (χ3n) is 4.06. The average Bonchev–Trinajstić information content (AvgIpc) is 2.48. The van der Waals surface area contributed by atoms with E-state index in [0.717, 1.165) is 45.0 Å². The van der Waals surface area contributed by atoms with Crippen molar-refractivity contribution in [3.63, 3.8) is 0 Å². The minimum atomic E-state index is 0.468. The molecule has 3 heteroatoms. The quantitative estimate of drug-likeness (QED) is 0.859. The molecule has 2 unspecified atom stereocenters. The Bertz CT molecular complexity index is 478. The highest BCUT2D eigenvalue weighted by Crippen LogP contribution is 2.35. The van der Waals surface area contributed by atoms with Crippen LogP contribution in [0.3, 0.4) is 0 Å². The largest absolute Gasteiger partial charge is 0.493 e. The van der Waals surface area contributed by atoms with Gasteiger partial charge in [0.15, 0.2) is 0 Å². The van der Waals surface area contributed by atoms with E-state index in [-0.39, 0.29) is 0 Å². The Kier molecular flexibility index (Phi) is 4.38. The van der Waals surface area contributed by atoms with Gasteiger partial charge in [-0.15, -0.1) is 0 Å². The lowest BCUT2D eigenvalue weighted by Gasteiger charge is -2.26. The molecule has 2 atom stereocenters. The van der Waals surface area contributed by atoms with E-state index in [1.54, 1.807) is 0 Å². The van der Waals surface area contributed by atoms with Crippen LogP contribution < -0.4 is 10.1 Å². The molecule has 0 aliphatic carbocycles. The minimum absolute atomic E-state index is 0.468. The maximum Gasteiger partial charge on any atom is 0.123 e. The summed E-state index contributed by atoms with van der Waals surface area (Å²) in [4.78, 5) is 0. The number of benzene rings is 1. The molecule has 108 valence electrons. The fraction of sp³-hybridized carbons (Fsp3) is 0.529. The lowest BCUT2D eigenvalue weighted by molar-refractivity contribution is 0.0769. The van der Waals surface area contributed by atoms with E-state index in [9.17, 15) is 0 Å². The number of para-hydroxylation sites is 1. The topological polar surface area (TPSA) is 30.5 Å². The highest BCUT2D eigenvalue weighted by molar-refractivity contribution is 5.40. The Morgan fingerprint density at radius 2 is 2.25 bits per heavy atom. The molecule has 2 aliphatic rings. The van der Waals surface area contributed by atoms with E-state index in [2.05, 4.69) is 36.5 Å². The highest BCUT2D eigenvalue weighted by Gasteiger charge is 2.20. The predicted octanol–water partition coefficient (Wildman–Crippen LogP) is 2.88. The maximum atomic E-state index is 5.72. The summed E-state index contributed by atoms with van der Waals surface area (Å²) in [6.07, 6.45) is 4.56. The second-order valence-corrected chi connectivity index (χ2v) is 5.72. The zero-order chi connectivity index (χ0) is 13.8. The molecule has 1 aromatic rings. The summed E-state index contributed by atoms with van der Waals surface area (Å²) in [5.41, 5.74) is 2.76. The Morgan fingerprint density at radius 1 is 1.35 bits per heavy atom. The molecule has 1 saturated heterocycles. The molecule has 0 amide bonds. The Hall–Kier alpha value is -1.32. The Balaban J connectivity index is 1.68. The van der Waals surface area contributed by atoms with E-state index < -0.39 is 0 Å². The summed E-state index contributed by atoms with van der Waals surface area (Å²) in [6.45, 7) is 5.69. The van der Waals surface area contributed by atoms with Gasteiger partial charge in [-0.05, 0) is 25.8 Å². The van der Waals surface area contributed by atoms with Gasteiger partial charge in [-0.1, -0.05) is 29.8 Å². The average molecular weight is 273 g/mol. The van der Waals surface area contributed by atoms with Crippen molar-refractivity contribution in [1.29, 1.82) is 0 Å². The normalized spacial score (nSPS) is 26.8. The molecule has 2 aliphatic heterocycles. The first-order valence-corrected chi connectivity index (χ1v) is 7.53. The van der Waals surface area contributed by atoms with Gasteiger partial charge in [0.2, 0.25) is 0 Å². The summed E-state index contributed by atoms with van der Waals surface area (Å²) in [7, 11) is 0. The van der Waals surface area contributed by atoms with Gasteiger partial charge in [0.1, 0.15) is 5.75 Å². The van der Waals surface area contributed by atoms with Gasteiger partial charge in [0, 0.05) is 24.1 Å². The summed E-state index contributed by atoms with van der Waals surface area (Å²) in [5, 5.41) is 3.52. The number of morpholine rings is 1. The van der Waals surface area contributed by atoms with Gasteiger partial charge in [-0.25, -0.2) is 0 Å². The molecule has 2 heterocycles. The molecule has 0 saturated carbocycles. The second kappa shape index (κ2) is 6.42. The van der Waals surface area contributed by atoms with Crippen molar-refractivity contribution < 1.29 is 9.47 Å². The van der Waals surface area contributed by atoms with E-state index in [0.29, 0.717) is 12.0 Å². The maximum absolute atomic E-state index is 5.72. The first-order valence-electron chi connectivity index (χ1n) is 7.53. The molecular formula is C17H23NO2. The van der Waals surface area contributed by atoms with Crippen molar-refractivity contribution in [2.24, 2.45) is 0 Å². The van der Waals surface area contributed by atoms with Crippen LogP contribution in [0.1, 0.15) is 31.2 Å². The number of nitrogens with one attached hydrogen (secondary N) is 1. The molecule has 0 radical (unpaired) electrons. The lowest BCUT2D eigenvalue weighted by atomic mass is 9.90. The van der Waals surface area contributed by atoms with Crippen LogP contribution in [-0.4, -0.2) is 32.4 Å². The standard InChI is InChI=1S/C17H23NO2/c1-13(11-15-12-19-9-7-18-15)10-14-6-8-20-17-5-3-2-4-16(14)17/h2-5,10,14-15,18H,6-9,11-12H2,1H3/b13-10-. The number of allylic oxidation sites excluding steroid dienone is 1. The molecule has 0 aromatic heterocycles. The fourth-order valence-electron chi connectivity index (χ4n) is 3.09. The van der Waals surface area contributed by atoms with E-state index in [4.69, 9.17) is 9.47 Å². The minimum Gasteiger partial charge on any atom is -0.493 e. The molecule has 1 aromatic carbocycles. The predicted molar refractivity (Wildman–Crippen MR) is 80.3 cm³/mol. The molecule has 1 fully saturated rings. The van der Waals surface area contributed by atoms with Crippen LogP contribution in [0.25, 0.3) is 0 Å². The van der Waals surface area contributed by atoms with Crippen LogP contribution in [0.15, 0.2) is 35.9 Å². The number of rotatable bonds is 3. The Morgan fingerprint density at radius 3 is 3.10 bits per heavy atom. The smallest absolute Gasteiger partial charge is 0.123 e. The van der Waals surface area contributed by atoms with Crippen molar-refractivity contribution in [2.45, 2.75) is 31.7 Å². The van der Waals surface area contributed by atoms with Crippen molar-refractivity contribution in [2.75, 3.05) is 26.4 Å². The van der Waals surface area contributed by atoms with Crippen molar-refractivity contribution in [3.8, 4) is 5.75 Å². The van der Waals surface area contributed by atoms with Crippen molar-refractivity contribution in [3.05, 3.63) is 41.5 Å². The van der Waals surface area contributed by atoms with Gasteiger partial charge >= 0.3 is 0 Å². The fourth-order valence-corrected chi connectivity index (χ4v) is 3.09. The van der Waals surface area contributed by atoms with E-state index >= 15 is 0 Å². The van der Waals surface area contributed by atoms with Crippen molar-refractivity contribution >= 4 is 0 Å².